The topological polar surface area (TPSA) is 75.7 Å². The zero-order chi connectivity index (χ0) is 17.2. The molecule has 0 unspecified atom stereocenters. The highest BCUT2D eigenvalue weighted by Crippen LogP contribution is 2.34. The molecule has 0 fully saturated rings. The average Bonchev–Trinajstić information content (AvgIpc) is 2.60. The van der Waals surface area contributed by atoms with Crippen LogP contribution in [0.25, 0.3) is 0 Å². The molecule has 7 heteroatoms. The summed E-state index contributed by atoms with van der Waals surface area (Å²) in [7, 11) is -3.68. The molecule has 1 amide bonds. The second-order valence-electron chi connectivity index (χ2n) is 5.37. The van der Waals surface area contributed by atoms with Crippen LogP contribution in [-0.4, -0.2) is 27.5 Å². The van der Waals surface area contributed by atoms with Crippen LogP contribution in [-0.2, 0) is 21.4 Å². The minimum absolute atomic E-state index is 0.0286. The van der Waals surface area contributed by atoms with E-state index < -0.39 is 10.0 Å². The number of fused-ring (bicyclic) bond motifs is 1. The number of hydrogen-bond donors (Lipinski definition) is 1. The van der Waals surface area contributed by atoms with Crippen LogP contribution in [0.5, 0.6) is 5.75 Å². The van der Waals surface area contributed by atoms with Crippen LogP contribution < -0.4 is 14.4 Å². The molecule has 1 aliphatic rings. The number of carbonyl (C=O) groups excluding carboxylic acids is 1. The summed E-state index contributed by atoms with van der Waals surface area (Å²) in [4.78, 5) is 13.5. The molecule has 0 atom stereocenters. The molecule has 2 aromatic carbocycles. The molecule has 0 aliphatic carbocycles. The molecule has 0 aromatic heterocycles. The first-order valence-electron chi connectivity index (χ1n) is 7.62. The number of nitrogens with zero attached hydrogens (tertiary/aromatic N) is 1. The number of rotatable bonds is 5. The maximum Gasteiger partial charge on any atom is 0.265 e. The van der Waals surface area contributed by atoms with Crippen LogP contribution in [0.2, 0.25) is 0 Å². The van der Waals surface area contributed by atoms with Crippen molar-refractivity contribution in [3.63, 3.8) is 0 Å². The Hall–Kier alpha value is -2.38. The summed E-state index contributed by atoms with van der Waals surface area (Å²) in [5, 5.41) is 0. The normalized spacial score (nSPS) is 14.2. The maximum atomic E-state index is 12.5. The summed E-state index contributed by atoms with van der Waals surface area (Å²) in [6, 6.07) is 13.8. The lowest BCUT2D eigenvalue weighted by Crippen LogP contribution is -2.38. The zero-order valence-corrected chi connectivity index (χ0v) is 14.0. The molecule has 0 bridgehead atoms. The third-order valence-electron chi connectivity index (χ3n) is 3.81. The highest BCUT2D eigenvalue weighted by atomic mass is 32.2. The molecule has 6 nitrogen and oxygen atoms in total. The lowest BCUT2D eigenvalue weighted by Gasteiger charge is -2.28. The van der Waals surface area contributed by atoms with Crippen molar-refractivity contribution in [1.82, 2.24) is 4.72 Å². The van der Waals surface area contributed by atoms with Crippen molar-refractivity contribution < 1.29 is 17.9 Å². The van der Waals surface area contributed by atoms with E-state index in [0.29, 0.717) is 18.0 Å². The Kier molecular flexibility index (Phi) is 4.55. The lowest BCUT2D eigenvalue weighted by molar-refractivity contribution is -0.121. The highest BCUT2D eigenvalue weighted by molar-refractivity contribution is 7.89. The van der Waals surface area contributed by atoms with Crippen molar-refractivity contribution in [2.45, 2.75) is 18.4 Å². The van der Waals surface area contributed by atoms with Crippen LogP contribution in [0.1, 0.15) is 12.5 Å². The summed E-state index contributed by atoms with van der Waals surface area (Å²) in [5.41, 5.74) is 1.35. The van der Waals surface area contributed by atoms with Crippen LogP contribution in [0.4, 0.5) is 5.69 Å². The van der Waals surface area contributed by atoms with Crippen LogP contribution in [0, 0.1) is 0 Å². The number of likely N-dealkylation sites (N-methyl/N-ethyl adjacent to an activating group) is 1. The molecular formula is C17H18N2O4S. The predicted molar refractivity (Wildman–Crippen MR) is 90.4 cm³/mol. The smallest absolute Gasteiger partial charge is 0.265 e. The van der Waals surface area contributed by atoms with Crippen molar-refractivity contribution in [2.75, 3.05) is 18.1 Å². The van der Waals surface area contributed by atoms with E-state index in [2.05, 4.69) is 4.72 Å². The Morgan fingerprint density at radius 2 is 1.92 bits per heavy atom. The van der Waals surface area contributed by atoms with Crippen LogP contribution >= 0.6 is 0 Å². The van der Waals surface area contributed by atoms with Gasteiger partial charge in [-0.2, -0.15) is 0 Å². The SMILES string of the molecule is CCN1C(=O)COc2ccc(S(=O)(=O)NCc3ccccc3)cc21. The molecule has 0 spiro atoms. The van der Waals surface area contributed by atoms with E-state index >= 15 is 0 Å². The molecule has 2 aromatic rings. The van der Waals surface area contributed by atoms with Gasteiger partial charge in [-0.25, -0.2) is 13.1 Å². The van der Waals surface area contributed by atoms with E-state index in [1.165, 1.54) is 17.0 Å². The van der Waals surface area contributed by atoms with E-state index in [-0.39, 0.29) is 24.0 Å². The van der Waals surface area contributed by atoms with E-state index in [0.717, 1.165) is 5.56 Å². The van der Waals surface area contributed by atoms with Gasteiger partial charge >= 0.3 is 0 Å². The third kappa shape index (κ3) is 3.27. The fourth-order valence-corrected chi connectivity index (χ4v) is 3.59. The highest BCUT2D eigenvalue weighted by Gasteiger charge is 2.26. The second-order valence-corrected chi connectivity index (χ2v) is 7.13. The van der Waals surface area contributed by atoms with Crippen molar-refractivity contribution in [2.24, 2.45) is 0 Å². The Bertz CT molecular complexity index is 850. The number of anilines is 1. The molecule has 1 heterocycles. The first-order valence-corrected chi connectivity index (χ1v) is 9.10. The fourth-order valence-electron chi connectivity index (χ4n) is 2.55. The van der Waals surface area contributed by atoms with Crippen molar-refractivity contribution >= 4 is 21.6 Å². The summed E-state index contributed by atoms with van der Waals surface area (Å²) in [6.07, 6.45) is 0. The van der Waals surface area contributed by atoms with Gasteiger partial charge in [0.05, 0.1) is 10.6 Å². The molecule has 24 heavy (non-hydrogen) atoms. The van der Waals surface area contributed by atoms with Crippen LogP contribution in [0.3, 0.4) is 0 Å². The number of benzene rings is 2. The van der Waals surface area contributed by atoms with Gasteiger partial charge in [0.15, 0.2) is 6.61 Å². The molecule has 0 radical (unpaired) electrons. The number of hydrogen-bond acceptors (Lipinski definition) is 4. The van der Waals surface area contributed by atoms with Gasteiger partial charge in [0, 0.05) is 13.1 Å². The Balaban J connectivity index is 1.86. The lowest BCUT2D eigenvalue weighted by atomic mass is 10.2. The van der Waals surface area contributed by atoms with Gasteiger partial charge in [0.1, 0.15) is 5.75 Å². The molecule has 3 rings (SSSR count). The van der Waals surface area contributed by atoms with E-state index in [1.807, 2.05) is 37.3 Å². The number of sulfonamides is 1. The summed E-state index contributed by atoms with van der Waals surface area (Å²) in [5.74, 6) is 0.329. The first-order chi connectivity index (χ1) is 11.5. The second kappa shape index (κ2) is 6.62. The number of nitrogens with one attached hydrogen (secondary N) is 1. The summed E-state index contributed by atoms with van der Waals surface area (Å²) in [6.45, 7) is 2.46. The fraction of sp³-hybridized carbons (Fsp3) is 0.235. The van der Waals surface area contributed by atoms with Gasteiger partial charge < -0.3 is 9.64 Å². The van der Waals surface area contributed by atoms with Crippen molar-refractivity contribution in [3.05, 3.63) is 54.1 Å². The number of amides is 1. The van der Waals surface area contributed by atoms with Gasteiger partial charge in [0.25, 0.3) is 5.91 Å². The molecule has 1 aliphatic heterocycles. The summed E-state index contributed by atoms with van der Waals surface area (Å²) >= 11 is 0. The molecule has 0 saturated carbocycles. The van der Waals surface area contributed by atoms with Gasteiger partial charge in [-0.15, -0.1) is 0 Å². The van der Waals surface area contributed by atoms with Gasteiger partial charge in [-0.05, 0) is 30.7 Å². The Labute approximate surface area is 141 Å². The third-order valence-corrected chi connectivity index (χ3v) is 5.21. The number of ether oxygens (including phenoxy) is 1. The van der Waals surface area contributed by atoms with Gasteiger partial charge in [-0.1, -0.05) is 30.3 Å². The van der Waals surface area contributed by atoms with Gasteiger partial charge in [0.2, 0.25) is 10.0 Å². The van der Waals surface area contributed by atoms with Crippen LogP contribution in [0.15, 0.2) is 53.4 Å². The van der Waals surface area contributed by atoms with E-state index in [1.54, 1.807) is 6.07 Å². The minimum atomic E-state index is -3.68. The minimum Gasteiger partial charge on any atom is -0.482 e. The molecule has 1 N–H and O–H groups in total. The van der Waals surface area contributed by atoms with E-state index in [4.69, 9.17) is 4.74 Å². The average molecular weight is 346 g/mol. The van der Waals surface area contributed by atoms with Crippen molar-refractivity contribution in [1.29, 1.82) is 0 Å². The largest absolute Gasteiger partial charge is 0.482 e. The number of carbonyl (C=O) groups is 1. The van der Waals surface area contributed by atoms with Gasteiger partial charge in [-0.3, -0.25) is 4.79 Å². The predicted octanol–water partition coefficient (Wildman–Crippen LogP) is 1.91. The Morgan fingerprint density at radius 3 is 2.62 bits per heavy atom. The first kappa shape index (κ1) is 16.5. The molecule has 0 saturated heterocycles. The molecular weight excluding hydrogens is 328 g/mol. The standard InChI is InChI=1S/C17H18N2O4S/c1-2-19-15-10-14(8-9-16(15)23-12-17(19)20)24(21,22)18-11-13-6-4-3-5-7-13/h3-10,18H,2,11-12H2,1H3. The quantitative estimate of drug-likeness (QED) is 0.897. The summed E-state index contributed by atoms with van der Waals surface area (Å²) < 4.78 is 33.0. The maximum absolute atomic E-state index is 12.5. The van der Waals surface area contributed by atoms with E-state index in [9.17, 15) is 13.2 Å². The monoisotopic (exact) mass is 346 g/mol. The van der Waals surface area contributed by atoms with Crippen molar-refractivity contribution in [3.8, 4) is 5.75 Å². The molecule has 126 valence electrons. The zero-order valence-electron chi connectivity index (χ0n) is 13.2. The Morgan fingerprint density at radius 1 is 1.17 bits per heavy atom.